The van der Waals surface area contributed by atoms with Crippen molar-refractivity contribution in [1.29, 1.82) is 0 Å². The van der Waals surface area contributed by atoms with Gasteiger partial charge < -0.3 is 9.47 Å². The van der Waals surface area contributed by atoms with Crippen molar-refractivity contribution in [1.82, 2.24) is 4.90 Å². The second-order valence-corrected chi connectivity index (χ2v) is 5.79. The van der Waals surface area contributed by atoms with Gasteiger partial charge in [0, 0.05) is 5.56 Å². The van der Waals surface area contributed by atoms with Crippen LogP contribution in [-0.4, -0.2) is 29.2 Å². The summed E-state index contributed by atoms with van der Waals surface area (Å²) < 4.78 is 11.2. The molecule has 1 heterocycles. The average molecular weight is 275 g/mol. The topological polar surface area (TPSA) is 38.8 Å². The van der Waals surface area contributed by atoms with Crippen molar-refractivity contribution in [2.75, 3.05) is 6.61 Å². The number of carbonyl (C=O) groups excluding carboxylic acids is 1. The molecule has 0 spiro atoms. The van der Waals surface area contributed by atoms with E-state index in [1.54, 1.807) is 11.0 Å². The zero-order chi connectivity index (χ0) is 14.8. The van der Waals surface area contributed by atoms with Gasteiger partial charge in [-0.05, 0) is 20.8 Å². The van der Waals surface area contributed by atoms with Crippen LogP contribution in [0.2, 0.25) is 0 Å². The van der Waals surface area contributed by atoms with Crippen LogP contribution in [0.5, 0.6) is 0 Å². The van der Waals surface area contributed by atoms with Crippen LogP contribution < -0.4 is 0 Å². The van der Waals surface area contributed by atoms with Crippen molar-refractivity contribution in [2.45, 2.75) is 38.6 Å². The first-order valence-corrected chi connectivity index (χ1v) is 6.73. The minimum absolute atomic E-state index is 0.171. The number of carbonyl (C=O) groups is 1. The van der Waals surface area contributed by atoms with Crippen LogP contribution in [0.15, 0.2) is 43.0 Å². The van der Waals surface area contributed by atoms with E-state index in [4.69, 9.17) is 9.47 Å². The normalized spacial score (nSPS) is 22.6. The van der Waals surface area contributed by atoms with Gasteiger partial charge in [-0.3, -0.25) is 4.90 Å². The molecular formula is C16H21NO3. The van der Waals surface area contributed by atoms with Crippen LogP contribution in [0, 0.1) is 0 Å². The van der Waals surface area contributed by atoms with Crippen LogP contribution in [0.3, 0.4) is 0 Å². The highest BCUT2D eigenvalue weighted by Crippen LogP contribution is 2.32. The quantitative estimate of drug-likeness (QED) is 0.775. The Kier molecular flexibility index (Phi) is 4.14. The van der Waals surface area contributed by atoms with Gasteiger partial charge >= 0.3 is 6.09 Å². The molecule has 4 nitrogen and oxygen atoms in total. The van der Waals surface area contributed by atoms with Gasteiger partial charge in [-0.25, -0.2) is 4.79 Å². The van der Waals surface area contributed by atoms with E-state index >= 15 is 0 Å². The molecule has 0 aliphatic carbocycles. The lowest BCUT2D eigenvalue weighted by atomic mass is 10.1. The van der Waals surface area contributed by atoms with Crippen molar-refractivity contribution in [3.05, 3.63) is 48.6 Å². The highest BCUT2D eigenvalue weighted by Gasteiger charge is 2.39. The maximum absolute atomic E-state index is 12.4. The Balaban J connectivity index is 2.24. The molecule has 1 fully saturated rings. The standard InChI is InChI=1S/C16H21NO3/c1-5-13-11-19-14(12-9-7-6-8-10-12)17(13)15(18)20-16(2,3)4/h5-10,13-14H,1,11H2,2-4H3. The number of ether oxygens (including phenoxy) is 2. The minimum Gasteiger partial charge on any atom is -0.444 e. The van der Waals surface area contributed by atoms with E-state index in [1.807, 2.05) is 51.1 Å². The van der Waals surface area contributed by atoms with E-state index in [2.05, 4.69) is 6.58 Å². The number of nitrogens with zero attached hydrogens (tertiary/aromatic N) is 1. The number of hydrogen-bond acceptors (Lipinski definition) is 3. The maximum Gasteiger partial charge on any atom is 0.413 e. The molecule has 2 atom stereocenters. The Bertz CT molecular complexity index is 478. The Morgan fingerprint density at radius 2 is 2.05 bits per heavy atom. The van der Waals surface area contributed by atoms with E-state index in [0.29, 0.717) is 6.61 Å². The van der Waals surface area contributed by atoms with Gasteiger partial charge in [-0.15, -0.1) is 6.58 Å². The predicted molar refractivity (Wildman–Crippen MR) is 77.2 cm³/mol. The third-order valence-electron chi connectivity index (χ3n) is 3.00. The zero-order valence-corrected chi connectivity index (χ0v) is 12.2. The van der Waals surface area contributed by atoms with Crippen molar-refractivity contribution in [2.24, 2.45) is 0 Å². The van der Waals surface area contributed by atoms with Crippen LogP contribution in [0.1, 0.15) is 32.6 Å². The van der Waals surface area contributed by atoms with Gasteiger partial charge in [0.05, 0.1) is 12.6 Å². The monoisotopic (exact) mass is 275 g/mol. The molecule has 2 rings (SSSR count). The largest absolute Gasteiger partial charge is 0.444 e. The first kappa shape index (κ1) is 14.6. The lowest BCUT2D eigenvalue weighted by Gasteiger charge is -2.30. The second kappa shape index (κ2) is 5.67. The fourth-order valence-corrected chi connectivity index (χ4v) is 2.13. The molecule has 1 aromatic carbocycles. The van der Waals surface area contributed by atoms with Crippen LogP contribution >= 0.6 is 0 Å². The molecule has 4 heteroatoms. The first-order valence-electron chi connectivity index (χ1n) is 6.73. The number of hydrogen-bond donors (Lipinski definition) is 0. The summed E-state index contributed by atoms with van der Waals surface area (Å²) in [6.45, 7) is 9.75. The Morgan fingerprint density at radius 3 is 2.60 bits per heavy atom. The molecule has 0 bridgehead atoms. The van der Waals surface area contributed by atoms with E-state index in [1.165, 1.54) is 0 Å². The van der Waals surface area contributed by atoms with Gasteiger partial charge in [0.2, 0.25) is 0 Å². The molecule has 0 saturated carbocycles. The van der Waals surface area contributed by atoms with Crippen LogP contribution in [0.25, 0.3) is 0 Å². The lowest BCUT2D eigenvalue weighted by molar-refractivity contribution is -0.0122. The third-order valence-corrected chi connectivity index (χ3v) is 3.00. The molecule has 2 unspecified atom stereocenters. The summed E-state index contributed by atoms with van der Waals surface area (Å²) in [6, 6.07) is 9.48. The van der Waals surface area contributed by atoms with Gasteiger partial charge in [0.25, 0.3) is 0 Å². The zero-order valence-electron chi connectivity index (χ0n) is 12.2. The Hall–Kier alpha value is -1.81. The Labute approximate surface area is 120 Å². The molecule has 0 N–H and O–H groups in total. The van der Waals surface area contributed by atoms with Crippen molar-refractivity contribution < 1.29 is 14.3 Å². The molecule has 108 valence electrons. The highest BCUT2D eigenvalue weighted by molar-refractivity contribution is 5.69. The van der Waals surface area contributed by atoms with E-state index in [9.17, 15) is 4.79 Å². The first-order chi connectivity index (χ1) is 9.42. The van der Waals surface area contributed by atoms with Gasteiger partial charge in [-0.2, -0.15) is 0 Å². The summed E-state index contributed by atoms with van der Waals surface area (Å²) in [4.78, 5) is 14.0. The maximum atomic E-state index is 12.4. The van der Waals surface area contributed by atoms with Gasteiger partial charge in [0.15, 0.2) is 6.23 Å². The predicted octanol–water partition coefficient (Wildman–Crippen LogP) is 3.51. The summed E-state index contributed by atoms with van der Waals surface area (Å²) in [5.41, 5.74) is 0.398. The fraction of sp³-hybridized carbons (Fsp3) is 0.438. The highest BCUT2D eigenvalue weighted by atomic mass is 16.6. The van der Waals surface area contributed by atoms with Crippen LogP contribution in [-0.2, 0) is 9.47 Å². The average Bonchev–Trinajstić information content (AvgIpc) is 2.81. The van der Waals surface area contributed by atoms with E-state index in [-0.39, 0.29) is 12.1 Å². The van der Waals surface area contributed by atoms with E-state index in [0.717, 1.165) is 5.56 Å². The summed E-state index contributed by atoms with van der Waals surface area (Å²) in [6.07, 6.45) is 0.912. The minimum atomic E-state index is -0.535. The summed E-state index contributed by atoms with van der Waals surface area (Å²) in [5, 5.41) is 0. The van der Waals surface area contributed by atoms with Gasteiger partial charge in [0.1, 0.15) is 5.60 Å². The molecule has 20 heavy (non-hydrogen) atoms. The molecule has 0 aromatic heterocycles. The van der Waals surface area contributed by atoms with Crippen molar-refractivity contribution in [3.8, 4) is 0 Å². The molecular weight excluding hydrogens is 254 g/mol. The number of benzene rings is 1. The summed E-state index contributed by atoms with van der Waals surface area (Å²) in [5.74, 6) is 0. The third kappa shape index (κ3) is 3.20. The van der Waals surface area contributed by atoms with Crippen molar-refractivity contribution >= 4 is 6.09 Å². The van der Waals surface area contributed by atoms with E-state index < -0.39 is 11.8 Å². The number of amides is 1. The molecule has 1 aliphatic rings. The molecule has 1 aliphatic heterocycles. The van der Waals surface area contributed by atoms with Crippen molar-refractivity contribution in [3.63, 3.8) is 0 Å². The van der Waals surface area contributed by atoms with Gasteiger partial charge in [-0.1, -0.05) is 36.4 Å². The number of rotatable bonds is 2. The summed E-state index contributed by atoms with van der Waals surface area (Å²) >= 11 is 0. The Morgan fingerprint density at radius 1 is 1.40 bits per heavy atom. The molecule has 1 amide bonds. The van der Waals surface area contributed by atoms with Crippen LogP contribution in [0.4, 0.5) is 4.79 Å². The molecule has 1 aromatic rings. The SMILES string of the molecule is C=CC1COC(c2ccccc2)N1C(=O)OC(C)(C)C. The fourth-order valence-electron chi connectivity index (χ4n) is 2.13. The molecule has 1 saturated heterocycles. The smallest absolute Gasteiger partial charge is 0.413 e. The lowest BCUT2D eigenvalue weighted by Crippen LogP contribution is -2.41. The summed E-state index contributed by atoms with van der Waals surface area (Å²) in [7, 11) is 0. The molecule has 0 radical (unpaired) electrons. The second-order valence-electron chi connectivity index (χ2n) is 5.79.